The highest BCUT2D eigenvalue weighted by atomic mass is 16.2. The zero-order chi connectivity index (χ0) is 15.1. The number of para-hydroxylation sites is 1. The molecule has 3 aromatic rings. The van der Waals surface area contributed by atoms with Crippen LogP contribution in [0.1, 0.15) is 29.1 Å². The van der Waals surface area contributed by atoms with Crippen LogP contribution in [0.5, 0.6) is 0 Å². The molecule has 112 valence electrons. The minimum atomic E-state index is -0.0650. The molecule has 1 amide bonds. The van der Waals surface area contributed by atoms with Crippen molar-refractivity contribution in [2.24, 2.45) is 0 Å². The van der Waals surface area contributed by atoms with Gasteiger partial charge in [0.15, 0.2) is 11.5 Å². The molecule has 1 aliphatic heterocycles. The quantitative estimate of drug-likeness (QED) is 0.774. The summed E-state index contributed by atoms with van der Waals surface area (Å²) in [5, 5.41) is 16.3. The second kappa shape index (κ2) is 4.94. The Balaban J connectivity index is 1.64. The normalized spacial score (nSPS) is 14.3. The molecule has 0 saturated heterocycles. The van der Waals surface area contributed by atoms with Gasteiger partial charge in [-0.3, -0.25) is 9.89 Å². The minimum Gasteiger partial charge on any atom is -0.328 e. The molecular weight excluding hydrogens is 280 g/mol. The van der Waals surface area contributed by atoms with Crippen molar-refractivity contribution in [2.75, 3.05) is 6.54 Å². The van der Waals surface area contributed by atoms with Gasteiger partial charge in [0, 0.05) is 24.9 Å². The van der Waals surface area contributed by atoms with Crippen molar-refractivity contribution >= 4 is 16.8 Å². The summed E-state index contributed by atoms with van der Waals surface area (Å²) in [7, 11) is 0. The van der Waals surface area contributed by atoms with Crippen LogP contribution >= 0.6 is 0 Å². The Kier molecular flexibility index (Phi) is 2.92. The van der Waals surface area contributed by atoms with E-state index in [1.54, 1.807) is 4.90 Å². The number of fused-ring (bicyclic) bond motifs is 2. The van der Waals surface area contributed by atoms with Crippen LogP contribution in [0.15, 0.2) is 24.3 Å². The molecule has 2 aromatic heterocycles. The molecule has 1 N–H and O–H groups in total. The van der Waals surface area contributed by atoms with Crippen molar-refractivity contribution in [1.29, 1.82) is 0 Å². The first-order valence-electron chi connectivity index (χ1n) is 7.41. The molecule has 0 aliphatic carbocycles. The monoisotopic (exact) mass is 296 g/mol. The highest BCUT2D eigenvalue weighted by molar-refractivity contribution is 6.04. The fourth-order valence-electron chi connectivity index (χ4n) is 2.93. The summed E-state index contributed by atoms with van der Waals surface area (Å²) < 4.78 is 2.10. The standard InChI is InChI=1S/C15H16N6O/c1-2-12-17-18-13-9-20(7-8-21(12)13)15(22)14-10-5-3-4-6-11(10)16-19-14/h3-6H,2,7-9H2,1H3,(H,16,19). The highest BCUT2D eigenvalue weighted by Crippen LogP contribution is 2.20. The predicted molar refractivity (Wildman–Crippen MR) is 80.2 cm³/mol. The van der Waals surface area contributed by atoms with Crippen molar-refractivity contribution in [3.05, 3.63) is 41.6 Å². The summed E-state index contributed by atoms with van der Waals surface area (Å²) in [4.78, 5) is 14.5. The van der Waals surface area contributed by atoms with Crippen molar-refractivity contribution in [2.45, 2.75) is 26.4 Å². The van der Waals surface area contributed by atoms with E-state index in [2.05, 4.69) is 31.9 Å². The van der Waals surface area contributed by atoms with Crippen LogP contribution in [0.2, 0.25) is 0 Å². The molecule has 7 nitrogen and oxygen atoms in total. The van der Waals surface area contributed by atoms with E-state index in [9.17, 15) is 4.79 Å². The Labute approximate surface area is 126 Å². The summed E-state index contributed by atoms with van der Waals surface area (Å²) in [6.07, 6.45) is 0.852. The number of hydrogen-bond acceptors (Lipinski definition) is 4. The lowest BCUT2D eigenvalue weighted by molar-refractivity contribution is 0.0702. The summed E-state index contributed by atoms with van der Waals surface area (Å²) in [5.41, 5.74) is 1.35. The van der Waals surface area contributed by atoms with E-state index in [1.165, 1.54) is 0 Å². The van der Waals surface area contributed by atoms with Crippen LogP contribution in [0.3, 0.4) is 0 Å². The SMILES string of the molecule is CCc1nnc2n1CCN(C(=O)c1n[nH]c3ccccc13)C2. The first-order chi connectivity index (χ1) is 10.8. The molecular formula is C15H16N6O. The van der Waals surface area contributed by atoms with E-state index in [0.717, 1.165) is 35.5 Å². The Morgan fingerprint density at radius 1 is 1.27 bits per heavy atom. The number of aryl methyl sites for hydroxylation is 1. The van der Waals surface area contributed by atoms with Crippen molar-refractivity contribution < 1.29 is 4.79 Å². The molecule has 1 aromatic carbocycles. The number of amides is 1. The van der Waals surface area contributed by atoms with E-state index >= 15 is 0 Å². The van der Waals surface area contributed by atoms with Crippen molar-refractivity contribution in [3.8, 4) is 0 Å². The van der Waals surface area contributed by atoms with Gasteiger partial charge in [-0.15, -0.1) is 10.2 Å². The number of carbonyl (C=O) groups excluding carboxylic acids is 1. The van der Waals surface area contributed by atoms with Crippen LogP contribution in [0.4, 0.5) is 0 Å². The molecule has 0 spiro atoms. The van der Waals surface area contributed by atoms with Gasteiger partial charge < -0.3 is 9.47 Å². The Bertz CT molecular complexity index is 849. The number of carbonyl (C=O) groups is 1. The molecule has 0 atom stereocenters. The lowest BCUT2D eigenvalue weighted by atomic mass is 10.2. The number of rotatable bonds is 2. The number of aromatic amines is 1. The van der Waals surface area contributed by atoms with Gasteiger partial charge in [-0.25, -0.2) is 0 Å². The molecule has 0 fully saturated rings. The van der Waals surface area contributed by atoms with E-state index < -0.39 is 0 Å². The molecule has 0 bridgehead atoms. The number of nitrogens with zero attached hydrogens (tertiary/aromatic N) is 5. The van der Waals surface area contributed by atoms with E-state index in [1.807, 2.05) is 24.3 Å². The number of aromatic nitrogens is 5. The zero-order valence-electron chi connectivity index (χ0n) is 12.3. The first-order valence-corrected chi connectivity index (χ1v) is 7.41. The number of nitrogens with one attached hydrogen (secondary N) is 1. The maximum Gasteiger partial charge on any atom is 0.275 e. The average molecular weight is 296 g/mol. The van der Waals surface area contributed by atoms with Crippen LogP contribution in [0, 0.1) is 0 Å². The zero-order valence-corrected chi connectivity index (χ0v) is 12.3. The third-order valence-electron chi connectivity index (χ3n) is 4.11. The highest BCUT2D eigenvalue weighted by Gasteiger charge is 2.27. The van der Waals surface area contributed by atoms with Crippen molar-refractivity contribution in [1.82, 2.24) is 29.9 Å². The predicted octanol–water partition coefficient (Wildman–Crippen LogP) is 1.37. The molecule has 0 saturated carbocycles. The fraction of sp³-hybridized carbons (Fsp3) is 0.333. The van der Waals surface area contributed by atoms with E-state index in [-0.39, 0.29) is 5.91 Å². The topological polar surface area (TPSA) is 79.7 Å². The van der Waals surface area contributed by atoms with Gasteiger partial charge in [0.2, 0.25) is 0 Å². The number of hydrogen-bond donors (Lipinski definition) is 1. The second-order valence-corrected chi connectivity index (χ2v) is 5.38. The Morgan fingerprint density at radius 2 is 2.14 bits per heavy atom. The Morgan fingerprint density at radius 3 is 3.00 bits per heavy atom. The summed E-state index contributed by atoms with van der Waals surface area (Å²) >= 11 is 0. The van der Waals surface area contributed by atoms with Crippen LogP contribution in [-0.2, 0) is 19.5 Å². The lowest BCUT2D eigenvalue weighted by Crippen LogP contribution is -2.39. The average Bonchev–Trinajstić information content (AvgIpc) is 3.17. The molecule has 22 heavy (non-hydrogen) atoms. The smallest absolute Gasteiger partial charge is 0.275 e. The van der Waals surface area contributed by atoms with E-state index in [4.69, 9.17) is 0 Å². The number of benzene rings is 1. The summed E-state index contributed by atoms with van der Waals surface area (Å²) in [6, 6.07) is 7.66. The molecule has 1 aliphatic rings. The first kappa shape index (κ1) is 13.0. The maximum absolute atomic E-state index is 12.7. The van der Waals surface area contributed by atoms with Gasteiger partial charge in [0.25, 0.3) is 5.91 Å². The van der Waals surface area contributed by atoms with Gasteiger partial charge >= 0.3 is 0 Å². The molecule has 3 heterocycles. The largest absolute Gasteiger partial charge is 0.328 e. The fourth-order valence-corrected chi connectivity index (χ4v) is 2.93. The molecule has 0 radical (unpaired) electrons. The van der Waals surface area contributed by atoms with E-state index in [0.29, 0.717) is 18.8 Å². The third kappa shape index (κ3) is 1.89. The van der Waals surface area contributed by atoms with Crippen LogP contribution < -0.4 is 0 Å². The van der Waals surface area contributed by atoms with Gasteiger partial charge in [0.1, 0.15) is 5.82 Å². The minimum absolute atomic E-state index is 0.0650. The van der Waals surface area contributed by atoms with Crippen LogP contribution in [-0.4, -0.2) is 42.3 Å². The number of H-pyrrole nitrogens is 1. The van der Waals surface area contributed by atoms with Gasteiger partial charge in [-0.2, -0.15) is 5.10 Å². The third-order valence-corrected chi connectivity index (χ3v) is 4.11. The second-order valence-electron chi connectivity index (χ2n) is 5.38. The molecule has 7 heteroatoms. The van der Waals surface area contributed by atoms with Gasteiger partial charge in [-0.05, 0) is 6.07 Å². The summed E-state index contributed by atoms with van der Waals surface area (Å²) in [6.45, 7) is 3.93. The van der Waals surface area contributed by atoms with Gasteiger partial charge in [-0.1, -0.05) is 25.1 Å². The van der Waals surface area contributed by atoms with Gasteiger partial charge in [0.05, 0.1) is 12.1 Å². The maximum atomic E-state index is 12.7. The molecule has 0 unspecified atom stereocenters. The lowest BCUT2D eigenvalue weighted by Gasteiger charge is -2.27. The Hall–Kier alpha value is -2.70. The molecule has 4 rings (SSSR count). The van der Waals surface area contributed by atoms with Crippen LogP contribution in [0.25, 0.3) is 10.9 Å². The summed E-state index contributed by atoms with van der Waals surface area (Å²) in [5.74, 6) is 1.76. The van der Waals surface area contributed by atoms with Crippen molar-refractivity contribution in [3.63, 3.8) is 0 Å².